The average molecular weight is 239 g/mol. The van der Waals surface area contributed by atoms with Gasteiger partial charge in [0.2, 0.25) is 5.91 Å². The monoisotopic (exact) mass is 239 g/mol. The molecule has 0 bridgehead atoms. The van der Waals surface area contributed by atoms with Crippen molar-refractivity contribution in [2.75, 3.05) is 0 Å². The summed E-state index contributed by atoms with van der Waals surface area (Å²) in [6.07, 6.45) is 5.82. The normalized spacial score (nSPS) is 28.5. The molecule has 0 aromatic carbocycles. The van der Waals surface area contributed by atoms with Crippen molar-refractivity contribution in [2.24, 2.45) is 17.8 Å². The van der Waals surface area contributed by atoms with E-state index in [0.717, 1.165) is 25.2 Å². The number of nitrogens with one attached hydrogen (secondary N) is 1. The Morgan fingerprint density at radius 2 is 2.12 bits per heavy atom. The Kier molecular flexibility index (Phi) is 3.69. The maximum atomic E-state index is 11.9. The highest BCUT2D eigenvalue weighted by Crippen LogP contribution is 2.54. The zero-order valence-corrected chi connectivity index (χ0v) is 10.3. The quantitative estimate of drug-likeness (QED) is 0.711. The number of carboxylic acids is 1. The van der Waals surface area contributed by atoms with Crippen LogP contribution in [-0.2, 0) is 9.59 Å². The van der Waals surface area contributed by atoms with Crippen molar-refractivity contribution in [3.05, 3.63) is 0 Å². The maximum Gasteiger partial charge on any atom is 0.326 e. The van der Waals surface area contributed by atoms with E-state index >= 15 is 0 Å². The van der Waals surface area contributed by atoms with Gasteiger partial charge in [0.15, 0.2) is 0 Å². The van der Waals surface area contributed by atoms with Gasteiger partial charge in [0, 0.05) is 5.92 Å². The highest BCUT2D eigenvalue weighted by atomic mass is 16.4. The zero-order valence-electron chi connectivity index (χ0n) is 10.3. The van der Waals surface area contributed by atoms with Gasteiger partial charge < -0.3 is 10.4 Å². The molecular weight excluding hydrogens is 218 g/mol. The van der Waals surface area contributed by atoms with E-state index in [4.69, 9.17) is 5.11 Å². The van der Waals surface area contributed by atoms with Crippen LogP contribution in [0.2, 0.25) is 0 Å². The standard InChI is InChI=1S/C13H21NO3/c1-2-3-4-11(13(16)17)14-12(15)10-7-9(10)8-5-6-8/h8-11H,2-7H2,1H3,(H,14,15)(H,16,17). The molecule has 2 fully saturated rings. The van der Waals surface area contributed by atoms with Crippen molar-refractivity contribution >= 4 is 11.9 Å². The summed E-state index contributed by atoms with van der Waals surface area (Å²) in [6.45, 7) is 2.02. The Morgan fingerprint density at radius 3 is 2.65 bits per heavy atom. The molecule has 0 saturated heterocycles. The largest absolute Gasteiger partial charge is 0.480 e. The Bertz CT molecular complexity index is 312. The molecule has 4 nitrogen and oxygen atoms in total. The number of hydrogen-bond acceptors (Lipinski definition) is 2. The summed E-state index contributed by atoms with van der Waals surface area (Å²) in [5.41, 5.74) is 0. The fraction of sp³-hybridized carbons (Fsp3) is 0.846. The molecule has 0 spiro atoms. The zero-order chi connectivity index (χ0) is 12.4. The molecule has 3 unspecified atom stereocenters. The van der Waals surface area contributed by atoms with E-state index in [1.807, 2.05) is 6.92 Å². The van der Waals surface area contributed by atoms with Crippen LogP contribution in [0.25, 0.3) is 0 Å². The minimum absolute atomic E-state index is 0.0367. The van der Waals surface area contributed by atoms with Gasteiger partial charge in [0.1, 0.15) is 6.04 Å². The molecule has 0 aromatic heterocycles. The molecule has 2 aliphatic carbocycles. The van der Waals surface area contributed by atoms with Crippen molar-refractivity contribution in [2.45, 2.75) is 51.5 Å². The van der Waals surface area contributed by atoms with Crippen molar-refractivity contribution in [1.29, 1.82) is 0 Å². The van der Waals surface area contributed by atoms with Gasteiger partial charge in [-0.2, -0.15) is 0 Å². The second-order valence-electron chi connectivity index (χ2n) is 5.39. The van der Waals surface area contributed by atoms with Crippen molar-refractivity contribution in [3.63, 3.8) is 0 Å². The van der Waals surface area contributed by atoms with E-state index in [1.165, 1.54) is 12.8 Å². The first kappa shape index (κ1) is 12.4. The van der Waals surface area contributed by atoms with E-state index in [1.54, 1.807) is 0 Å². The number of unbranched alkanes of at least 4 members (excludes halogenated alkanes) is 1. The maximum absolute atomic E-state index is 11.9. The van der Waals surface area contributed by atoms with E-state index in [-0.39, 0.29) is 11.8 Å². The summed E-state index contributed by atoms with van der Waals surface area (Å²) in [4.78, 5) is 22.8. The molecule has 0 heterocycles. The van der Waals surface area contributed by atoms with Crippen molar-refractivity contribution in [1.82, 2.24) is 5.32 Å². The first-order chi connectivity index (χ1) is 8.13. The fourth-order valence-corrected chi connectivity index (χ4v) is 2.51. The molecule has 96 valence electrons. The van der Waals surface area contributed by atoms with E-state index in [0.29, 0.717) is 12.3 Å². The summed E-state index contributed by atoms with van der Waals surface area (Å²) < 4.78 is 0. The van der Waals surface area contributed by atoms with Gasteiger partial charge in [0.25, 0.3) is 0 Å². The first-order valence-electron chi connectivity index (χ1n) is 6.66. The Labute approximate surface area is 102 Å². The Hall–Kier alpha value is -1.06. The fourth-order valence-electron chi connectivity index (χ4n) is 2.51. The first-order valence-corrected chi connectivity index (χ1v) is 6.66. The number of aliphatic carboxylic acids is 1. The molecule has 2 saturated carbocycles. The number of hydrogen-bond donors (Lipinski definition) is 2. The molecule has 0 aromatic rings. The van der Waals surface area contributed by atoms with Crippen LogP contribution in [0.5, 0.6) is 0 Å². The van der Waals surface area contributed by atoms with Crippen LogP contribution in [-0.4, -0.2) is 23.0 Å². The lowest BCUT2D eigenvalue weighted by atomic mass is 10.1. The van der Waals surface area contributed by atoms with Crippen LogP contribution in [0.15, 0.2) is 0 Å². The van der Waals surface area contributed by atoms with Gasteiger partial charge in [-0.25, -0.2) is 4.79 Å². The molecule has 2 rings (SSSR count). The number of carboxylic acid groups (broad SMARTS) is 1. The molecule has 2 aliphatic rings. The third kappa shape index (κ3) is 3.20. The van der Waals surface area contributed by atoms with Gasteiger partial charge in [-0.1, -0.05) is 19.8 Å². The second kappa shape index (κ2) is 5.07. The smallest absolute Gasteiger partial charge is 0.326 e. The summed E-state index contributed by atoms with van der Waals surface area (Å²) in [7, 11) is 0. The second-order valence-corrected chi connectivity index (χ2v) is 5.39. The van der Waals surface area contributed by atoms with Crippen LogP contribution in [0.1, 0.15) is 45.4 Å². The summed E-state index contributed by atoms with van der Waals surface area (Å²) >= 11 is 0. The SMILES string of the molecule is CCCCC(NC(=O)C1CC1C1CC1)C(=O)O. The third-order valence-electron chi connectivity index (χ3n) is 3.87. The lowest BCUT2D eigenvalue weighted by Crippen LogP contribution is -2.41. The van der Waals surface area contributed by atoms with Crippen molar-refractivity contribution < 1.29 is 14.7 Å². The van der Waals surface area contributed by atoms with Crippen LogP contribution >= 0.6 is 0 Å². The summed E-state index contributed by atoms with van der Waals surface area (Å²) in [5, 5.41) is 11.7. The van der Waals surface area contributed by atoms with Crippen molar-refractivity contribution in [3.8, 4) is 0 Å². The Morgan fingerprint density at radius 1 is 1.41 bits per heavy atom. The molecular formula is C13H21NO3. The number of amides is 1. The van der Waals surface area contributed by atoms with Gasteiger partial charge in [-0.05, 0) is 37.5 Å². The molecule has 0 aliphatic heterocycles. The van der Waals surface area contributed by atoms with E-state index < -0.39 is 12.0 Å². The van der Waals surface area contributed by atoms with Crippen LogP contribution in [0, 0.1) is 17.8 Å². The summed E-state index contributed by atoms with van der Waals surface area (Å²) in [6, 6.07) is -0.692. The van der Waals surface area contributed by atoms with Gasteiger partial charge in [0.05, 0.1) is 0 Å². The molecule has 1 amide bonds. The molecule has 4 heteroatoms. The lowest BCUT2D eigenvalue weighted by molar-refractivity contribution is -0.142. The summed E-state index contributed by atoms with van der Waals surface area (Å²) in [5.74, 6) is 0.465. The van der Waals surface area contributed by atoms with Crippen LogP contribution < -0.4 is 5.32 Å². The molecule has 17 heavy (non-hydrogen) atoms. The minimum Gasteiger partial charge on any atom is -0.480 e. The number of carbonyl (C=O) groups excluding carboxylic acids is 1. The predicted molar refractivity (Wildman–Crippen MR) is 63.4 cm³/mol. The van der Waals surface area contributed by atoms with E-state index in [2.05, 4.69) is 5.32 Å². The minimum atomic E-state index is -0.907. The number of rotatable bonds is 7. The predicted octanol–water partition coefficient (Wildman–Crippen LogP) is 1.79. The number of carbonyl (C=O) groups is 2. The highest BCUT2D eigenvalue weighted by Gasteiger charge is 2.51. The van der Waals surface area contributed by atoms with Gasteiger partial charge >= 0.3 is 5.97 Å². The highest BCUT2D eigenvalue weighted by molar-refractivity contribution is 5.86. The lowest BCUT2D eigenvalue weighted by Gasteiger charge is -2.13. The van der Waals surface area contributed by atoms with Crippen LogP contribution in [0.3, 0.4) is 0 Å². The molecule has 3 atom stereocenters. The topological polar surface area (TPSA) is 66.4 Å². The molecule has 0 radical (unpaired) electrons. The van der Waals surface area contributed by atoms with Gasteiger partial charge in [-0.3, -0.25) is 4.79 Å². The Balaban J connectivity index is 1.76. The van der Waals surface area contributed by atoms with Crippen LogP contribution in [0.4, 0.5) is 0 Å². The van der Waals surface area contributed by atoms with Gasteiger partial charge in [-0.15, -0.1) is 0 Å². The average Bonchev–Trinajstić information content (AvgIpc) is 3.15. The molecule has 2 N–H and O–H groups in total. The third-order valence-corrected chi connectivity index (χ3v) is 3.87. The van der Waals surface area contributed by atoms with E-state index in [9.17, 15) is 9.59 Å².